The van der Waals surface area contributed by atoms with Crippen molar-refractivity contribution in [2.24, 2.45) is 0 Å². The highest BCUT2D eigenvalue weighted by molar-refractivity contribution is 15.0. The molecule has 0 saturated heterocycles. The van der Waals surface area contributed by atoms with Gasteiger partial charge in [-0.3, -0.25) is 14.2 Å². The van der Waals surface area contributed by atoms with Gasteiger partial charge in [0.05, 0.1) is 78.4 Å². The lowest BCUT2D eigenvalue weighted by molar-refractivity contribution is 0.407. The first kappa shape index (κ1) is 38.6. The number of methoxy groups -OCH3 is 4. The van der Waals surface area contributed by atoms with Crippen molar-refractivity contribution in [3.05, 3.63) is 82.4 Å². The second kappa shape index (κ2) is 18.2. The van der Waals surface area contributed by atoms with Gasteiger partial charge in [0.15, 0.2) is 10.3 Å². The zero-order valence-corrected chi connectivity index (χ0v) is 34.4. The third-order valence-electron chi connectivity index (χ3n) is 7.66. The summed E-state index contributed by atoms with van der Waals surface area (Å²) in [5, 5.41) is 1.30. The Morgan fingerprint density at radius 1 is 0.714 bits per heavy atom. The fourth-order valence-electron chi connectivity index (χ4n) is 5.12. The predicted octanol–water partition coefficient (Wildman–Crippen LogP) is 8.56. The number of imidazole rings is 2. The molecule has 0 radical (unpaired) electrons. The van der Waals surface area contributed by atoms with Gasteiger partial charge in [-0.1, -0.05) is 11.8 Å². The van der Waals surface area contributed by atoms with E-state index in [0.29, 0.717) is 5.16 Å². The van der Waals surface area contributed by atoms with Crippen LogP contribution in [0.1, 0.15) is 33.6 Å². The number of hydrogen-bond acceptors (Lipinski definition) is 10. The number of fused-ring (bicyclic) bond motifs is 2. The van der Waals surface area contributed by atoms with Crippen LogP contribution in [0, 0.1) is 27.7 Å². The summed E-state index contributed by atoms with van der Waals surface area (Å²) in [5.74, 6) is 4.25. The largest absolute Gasteiger partial charge is 0.497 e. The Bertz CT molecular complexity index is 2070. The van der Waals surface area contributed by atoms with Crippen LogP contribution >= 0.6 is 49.0 Å². The summed E-state index contributed by atoms with van der Waals surface area (Å²) in [6, 6.07) is 11.3. The summed E-state index contributed by atoms with van der Waals surface area (Å²) in [4.78, 5) is 24.3. The zero-order valence-electron chi connectivity index (χ0n) is 28.4. The van der Waals surface area contributed by atoms with Crippen molar-refractivity contribution in [2.45, 2.75) is 49.5 Å². The first-order valence-electron chi connectivity index (χ1n) is 14.9. The molecule has 6 aromatic rings. The number of aryl methyl sites for hydroxylation is 2. The highest BCUT2D eigenvalue weighted by Gasteiger charge is 2.16. The van der Waals surface area contributed by atoms with Gasteiger partial charge in [-0.15, -0.1) is 0 Å². The average molecular weight is 929 g/mol. The quantitative estimate of drug-likeness (QED) is 0.102. The molecule has 0 amide bonds. The molecule has 0 spiro atoms. The number of thioether (sulfide) groups is 1. The molecule has 0 aliphatic carbocycles. The van der Waals surface area contributed by atoms with Gasteiger partial charge < -0.3 is 28.9 Å². The van der Waals surface area contributed by atoms with E-state index in [-0.39, 0.29) is 5.75 Å². The molecule has 6 rings (SSSR count). The van der Waals surface area contributed by atoms with E-state index in [9.17, 15) is 4.21 Å². The van der Waals surface area contributed by atoms with Crippen LogP contribution in [-0.2, 0) is 22.3 Å². The monoisotopic (exact) mass is 928 g/mol. The Labute approximate surface area is 315 Å². The number of halogens is 2. The molecule has 15 heteroatoms. The van der Waals surface area contributed by atoms with Crippen LogP contribution in [0.25, 0.3) is 22.1 Å². The summed E-state index contributed by atoms with van der Waals surface area (Å²) in [6.45, 7) is 7.90. The number of pyridine rings is 2. The number of rotatable bonds is 10. The third kappa shape index (κ3) is 9.35. The van der Waals surface area contributed by atoms with Gasteiger partial charge in [-0.05, 0) is 52.0 Å². The molecule has 2 aromatic carbocycles. The van der Waals surface area contributed by atoms with Gasteiger partial charge in [0.1, 0.15) is 23.0 Å². The van der Waals surface area contributed by atoms with Gasteiger partial charge in [0, 0.05) is 89.8 Å². The number of hydrogen-bond donors (Lipinski definition) is 2. The van der Waals surface area contributed by atoms with E-state index in [0.717, 1.165) is 89.6 Å². The molecule has 11 nitrogen and oxygen atoms in total. The van der Waals surface area contributed by atoms with Crippen LogP contribution < -0.4 is 18.9 Å². The van der Waals surface area contributed by atoms with E-state index < -0.39 is 10.8 Å². The molecule has 49 heavy (non-hydrogen) atoms. The Hall–Kier alpha value is -3.16. The van der Waals surface area contributed by atoms with Crippen molar-refractivity contribution >= 4 is 81.9 Å². The summed E-state index contributed by atoms with van der Waals surface area (Å²) in [5.41, 5.74) is 9.20. The first-order valence-corrected chi connectivity index (χ1v) is 23.5. The molecule has 0 fully saturated rings. The van der Waals surface area contributed by atoms with Gasteiger partial charge in [-0.25, -0.2) is 9.97 Å². The minimum absolute atomic E-state index is 0.277. The van der Waals surface area contributed by atoms with Crippen LogP contribution in [0.5, 0.6) is 23.0 Å². The summed E-state index contributed by atoms with van der Waals surface area (Å²) in [7, 11) is 5.26. The van der Waals surface area contributed by atoms with Crippen LogP contribution in [0.3, 0.4) is 0 Å². The number of aromatic nitrogens is 6. The summed E-state index contributed by atoms with van der Waals surface area (Å²) in [6.07, 6.45) is 3.59. The molecule has 0 aliphatic rings. The standard InChI is InChI=1S/C17H19N3O3S.C17H19N3O2S.I2/c1-10-8-18-15(11(2)16(10)23-4)9-24(21)17-19-13-6-5-12(22-3)7-14(13)20-17;1-10-8-18-15(11(2)16(10)22-4)9-23-17-19-13-6-5-12(21-3)7-14(13)20-17;1-2/h5-8H,9H2,1-4H3,(H,19,20);5-8H,9H2,1-4H3,(H,19,20);. The molecule has 4 aromatic heterocycles. The van der Waals surface area contributed by atoms with E-state index in [1.165, 1.54) is 0 Å². The Morgan fingerprint density at radius 3 is 1.78 bits per heavy atom. The second-order valence-electron chi connectivity index (χ2n) is 10.7. The minimum atomic E-state index is -1.33. The number of ether oxygens (including phenoxy) is 4. The number of benzene rings is 2. The Balaban J connectivity index is 0.000000210. The van der Waals surface area contributed by atoms with Crippen molar-refractivity contribution in [1.29, 1.82) is 0 Å². The van der Waals surface area contributed by atoms with Crippen LogP contribution in [0.2, 0.25) is 0 Å². The van der Waals surface area contributed by atoms with E-state index >= 15 is 0 Å². The first-order chi connectivity index (χ1) is 23.6. The SMILES string of the molecule is COc1ccc2nc(S(=O)Cc3ncc(C)c(OC)c3C)[nH]c2c1.COc1ccc2nc(SCc3ncc(C)c(OC)c3C)[nH]c2c1.II. The van der Waals surface area contributed by atoms with E-state index in [2.05, 4.69) is 67.1 Å². The van der Waals surface area contributed by atoms with Gasteiger partial charge in [0.2, 0.25) is 0 Å². The van der Waals surface area contributed by atoms with Crippen molar-refractivity contribution in [3.63, 3.8) is 0 Å². The maximum Gasteiger partial charge on any atom is 0.197 e. The average Bonchev–Trinajstić information content (AvgIpc) is 3.74. The third-order valence-corrected chi connectivity index (χ3v) is 9.71. The fraction of sp³-hybridized carbons (Fsp3) is 0.294. The number of H-pyrrole nitrogens is 2. The maximum atomic E-state index is 12.7. The smallest absolute Gasteiger partial charge is 0.197 e. The van der Waals surface area contributed by atoms with Gasteiger partial charge >= 0.3 is 0 Å². The van der Waals surface area contributed by atoms with Crippen LogP contribution in [0.4, 0.5) is 0 Å². The predicted molar refractivity (Wildman–Crippen MR) is 214 cm³/mol. The molecule has 0 aliphatic heterocycles. The number of nitrogens with one attached hydrogen (secondary N) is 2. The topological polar surface area (TPSA) is 137 Å². The summed E-state index contributed by atoms with van der Waals surface area (Å²) >= 11 is 5.87. The lowest BCUT2D eigenvalue weighted by atomic mass is 10.1. The van der Waals surface area contributed by atoms with Crippen LogP contribution in [-0.4, -0.2) is 62.6 Å². The number of nitrogens with zero attached hydrogens (tertiary/aromatic N) is 4. The number of aromatic amines is 2. The molecule has 0 bridgehead atoms. The normalized spacial score (nSPS) is 11.3. The molecule has 1 atom stereocenters. The van der Waals surface area contributed by atoms with Gasteiger partial charge in [-0.2, -0.15) is 0 Å². The molecule has 4 heterocycles. The zero-order chi connectivity index (χ0) is 35.7. The fourth-order valence-corrected chi connectivity index (χ4v) is 7.13. The lowest BCUT2D eigenvalue weighted by Crippen LogP contribution is -2.05. The van der Waals surface area contributed by atoms with E-state index in [4.69, 9.17) is 18.9 Å². The van der Waals surface area contributed by atoms with Gasteiger partial charge in [0.25, 0.3) is 0 Å². The second-order valence-corrected chi connectivity index (χ2v) is 13.1. The molecular formula is C34H38I2N6O5S2. The van der Waals surface area contributed by atoms with Crippen molar-refractivity contribution in [1.82, 2.24) is 29.9 Å². The van der Waals surface area contributed by atoms with E-state index in [1.54, 1.807) is 46.4 Å². The lowest BCUT2D eigenvalue weighted by Gasteiger charge is -2.11. The molecule has 2 N–H and O–H groups in total. The molecule has 1 unspecified atom stereocenters. The van der Waals surface area contributed by atoms with Crippen molar-refractivity contribution in [3.8, 4) is 23.0 Å². The minimum Gasteiger partial charge on any atom is -0.497 e. The maximum absolute atomic E-state index is 12.7. The highest BCUT2D eigenvalue weighted by Crippen LogP contribution is 2.30. The molecular weight excluding hydrogens is 890 g/mol. The Morgan fingerprint density at radius 2 is 1.22 bits per heavy atom. The van der Waals surface area contributed by atoms with Crippen LogP contribution in [0.15, 0.2) is 59.1 Å². The van der Waals surface area contributed by atoms with Crippen molar-refractivity contribution < 1.29 is 23.2 Å². The molecule has 0 saturated carbocycles. The summed E-state index contributed by atoms with van der Waals surface area (Å²) < 4.78 is 34.0. The van der Waals surface area contributed by atoms with E-state index in [1.807, 2.05) is 70.3 Å². The Kier molecular flexibility index (Phi) is 14.3. The molecule has 260 valence electrons. The highest BCUT2D eigenvalue weighted by atomic mass is 128. The van der Waals surface area contributed by atoms with Crippen molar-refractivity contribution in [2.75, 3.05) is 28.4 Å².